The maximum atomic E-state index is 12.7. The Bertz CT molecular complexity index is 1270. The summed E-state index contributed by atoms with van der Waals surface area (Å²) < 4.78 is 35.1. The summed E-state index contributed by atoms with van der Waals surface area (Å²) in [6.07, 6.45) is 64.1. The fourth-order valence-electron chi connectivity index (χ4n) is 7.23. The zero-order valence-corrected chi connectivity index (χ0v) is 43.9. The lowest BCUT2D eigenvalue weighted by Crippen LogP contribution is -2.37. The van der Waals surface area contributed by atoms with Crippen LogP contribution in [-0.4, -0.2) is 75.6 Å². The number of esters is 1. The quantitative estimate of drug-likeness (QED) is 0.0214. The molecule has 2 unspecified atom stereocenters. The van der Waals surface area contributed by atoms with Gasteiger partial charge in [0.2, 0.25) is 0 Å². The number of hydrogen-bond donors (Lipinski definition) is 1. The van der Waals surface area contributed by atoms with Gasteiger partial charge in [0, 0.05) is 13.0 Å². The minimum Gasteiger partial charge on any atom is -0.457 e. The van der Waals surface area contributed by atoms with E-state index in [4.69, 9.17) is 18.5 Å². The molecule has 0 aromatic carbocycles. The molecule has 0 saturated heterocycles. The van der Waals surface area contributed by atoms with Crippen LogP contribution in [0.3, 0.4) is 0 Å². The van der Waals surface area contributed by atoms with Gasteiger partial charge >= 0.3 is 13.8 Å². The van der Waals surface area contributed by atoms with E-state index in [2.05, 4.69) is 74.6 Å². The van der Waals surface area contributed by atoms with E-state index in [1.807, 2.05) is 33.3 Å². The van der Waals surface area contributed by atoms with Crippen LogP contribution in [0, 0.1) is 0 Å². The first-order chi connectivity index (χ1) is 31.6. The summed E-state index contributed by atoms with van der Waals surface area (Å²) in [6, 6.07) is 0. The molecule has 0 amide bonds. The zero-order chi connectivity index (χ0) is 47.6. The van der Waals surface area contributed by atoms with Crippen molar-refractivity contribution < 1.29 is 37.3 Å². The molecule has 0 rings (SSSR count). The molecule has 0 aliphatic carbocycles. The second kappa shape index (κ2) is 48.4. The standard InChI is InChI=1S/C56H102NO7P/c1-6-8-10-12-14-16-18-20-22-24-26-27-28-29-30-32-34-36-38-40-42-44-46-48-51-61-53-55(54-63-65(59,60)62-52-50-57(3,4)5)64-56(58)49-47-45-43-41-39-37-35-33-31-25-23-21-19-17-15-13-11-9-7-2/h9,11,15,17,21,23,31,33,37,39,43,45,55H,6-8,10,12-14,16,18-20,22,24-30,32,34-36,38,40-42,44,46-54H2,1-5H3/p+1/b11-9-,17-15-,23-21-,33-31-,39-37-,45-43-. The number of likely N-dealkylation sites (N-methyl/N-ethyl adjacent to an activating group) is 1. The molecule has 1 N–H and O–H groups in total. The summed E-state index contributed by atoms with van der Waals surface area (Å²) in [5.41, 5.74) is 0. The number of nitrogens with zero attached hydrogens (tertiary/aromatic N) is 1. The minimum absolute atomic E-state index is 0.0732. The van der Waals surface area contributed by atoms with Crippen LogP contribution in [0.15, 0.2) is 72.9 Å². The first kappa shape index (κ1) is 62.9. The van der Waals surface area contributed by atoms with Gasteiger partial charge in [0.25, 0.3) is 0 Å². The number of unbranched alkanes of at least 4 members (excludes halogenated alkanes) is 23. The molecule has 0 aromatic rings. The maximum absolute atomic E-state index is 12.7. The van der Waals surface area contributed by atoms with E-state index in [1.165, 1.54) is 141 Å². The van der Waals surface area contributed by atoms with E-state index in [9.17, 15) is 14.3 Å². The van der Waals surface area contributed by atoms with Gasteiger partial charge in [0.1, 0.15) is 19.3 Å². The van der Waals surface area contributed by atoms with Crippen molar-refractivity contribution in [2.24, 2.45) is 0 Å². The Hall–Kier alpha value is -2.06. The van der Waals surface area contributed by atoms with Gasteiger partial charge in [0.15, 0.2) is 0 Å². The number of phosphoric acid groups is 1. The van der Waals surface area contributed by atoms with Gasteiger partial charge in [-0.3, -0.25) is 13.8 Å². The molecule has 0 spiro atoms. The molecule has 9 heteroatoms. The molecule has 378 valence electrons. The lowest BCUT2D eigenvalue weighted by atomic mass is 10.0. The van der Waals surface area contributed by atoms with Gasteiger partial charge in [-0.2, -0.15) is 0 Å². The Kier molecular flexibility index (Phi) is 46.9. The van der Waals surface area contributed by atoms with Crippen molar-refractivity contribution in [2.75, 3.05) is 54.1 Å². The highest BCUT2D eigenvalue weighted by atomic mass is 31.2. The third kappa shape index (κ3) is 52.8. The van der Waals surface area contributed by atoms with Crippen LogP contribution in [0.5, 0.6) is 0 Å². The topological polar surface area (TPSA) is 91.3 Å². The highest BCUT2D eigenvalue weighted by molar-refractivity contribution is 7.47. The van der Waals surface area contributed by atoms with E-state index in [0.29, 0.717) is 24.1 Å². The molecule has 2 atom stereocenters. The predicted octanol–water partition coefficient (Wildman–Crippen LogP) is 16.6. The van der Waals surface area contributed by atoms with Crippen molar-refractivity contribution in [3.63, 3.8) is 0 Å². The van der Waals surface area contributed by atoms with Crippen LogP contribution in [0.4, 0.5) is 0 Å². The number of phosphoric ester groups is 1. The predicted molar refractivity (Wildman–Crippen MR) is 279 cm³/mol. The zero-order valence-electron chi connectivity index (χ0n) is 43.0. The second-order valence-corrected chi connectivity index (χ2v) is 20.3. The molecule has 0 radical (unpaired) electrons. The van der Waals surface area contributed by atoms with Gasteiger partial charge < -0.3 is 18.9 Å². The first-order valence-corrected chi connectivity index (χ1v) is 28.2. The van der Waals surface area contributed by atoms with Crippen LogP contribution in [0.25, 0.3) is 0 Å². The molecule has 0 aliphatic rings. The monoisotopic (exact) mass is 933 g/mol. The number of rotatable bonds is 49. The number of carbonyl (C=O) groups is 1. The summed E-state index contributed by atoms with van der Waals surface area (Å²) in [4.78, 5) is 23.0. The molecule has 0 heterocycles. The fourth-order valence-corrected chi connectivity index (χ4v) is 7.97. The van der Waals surface area contributed by atoms with Crippen LogP contribution >= 0.6 is 7.82 Å². The number of quaternary nitrogens is 1. The smallest absolute Gasteiger partial charge is 0.457 e. The van der Waals surface area contributed by atoms with E-state index in [1.54, 1.807) is 0 Å². The van der Waals surface area contributed by atoms with Crippen LogP contribution in [0.1, 0.15) is 219 Å². The van der Waals surface area contributed by atoms with E-state index in [-0.39, 0.29) is 26.2 Å². The van der Waals surface area contributed by atoms with E-state index >= 15 is 0 Å². The van der Waals surface area contributed by atoms with Crippen LogP contribution < -0.4 is 0 Å². The molecular weight excluding hydrogens is 830 g/mol. The van der Waals surface area contributed by atoms with E-state index in [0.717, 1.165) is 51.4 Å². The van der Waals surface area contributed by atoms with Gasteiger partial charge in [-0.1, -0.05) is 234 Å². The molecule has 0 bridgehead atoms. The van der Waals surface area contributed by atoms with Crippen molar-refractivity contribution >= 4 is 13.8 Å². The normalized spacial score (nSPS) is 14.1. The second-order valence-electron chi connectivity index (χ2n) is 18.9. The summed E-state index contributed by atoms with van der Waals surface area (Å²) in [7, 11) is 1.62. The third-order valence-electron chi connectivity index (χ3n) is 11.3. The average Bonchev–Trinajstić information content (AvgIpc) is 3.27. The molecular formula is C56H103NO7P+. The Balaban J connectivity index is 4.18. The first-order valence-electron chi connectivity index (χ1n) is 26.7. The molecule has 8 nitrogen and oxygen atoms in total. The van der Waals surface area contributed by atoms with Crippen molar-refractivity contribution in [1.82, 2.24) is 0 Å². The third-order valence-corrected chi connectivity index (χ3v) is 12.3. The largest absolute Gasteiger partial charge is 0.472 e. The number of carbonyl (C=O) groups excluding carboxylic acids is 1. The summed E-state index contributed by atoms with van der Waals surface area (Å²) in [5.74, 6) is -0.393. The highest BCUT2D eigenvalue weighted by Gasteiger charge is 2.26. The highest BCUT2D eigenvalue weighted by Crippen LogP contribution is 2.43. The van der Waals surface area contributed by atoms with Crippen molar-refractivity contribution in [3.8, 4) is 0 Å². The maximum Gasteiger partial charge on any atom is 0.472 e. The summed E-state index contributed by atoms with van der Waals surface area (Å²) in [6.45, 7) is 5.43. The summed E-state index contributed by atoms with van der Waals surface area (Å²) >= 11 is 0. The number of allylic oxidation sites excluding steroid dienone is 12. The van der Waals surface area contributed by atoms with Crippen molar-refractivity contribution in [2.45, 2.75) is 225 Å². The average molecular weight is 933 g/mol. The Labute approximate surface area is 402 Å². The van der Waals surface area contributed by atoms with Crippen LogP contribution in [0.2, 0.25) is 0 Å². The fraction of sp³-hybridized carbons (Fsp3) is 0.768. The SMILES string of the molecule is CC/C=C\C/C=C\C/C=C\C/C=C\C/C=C\C/C=C\CCC(=O)OC(COCCCCCCCCCCCCCCCCCCCCCCCCCC)COP(=O)(O)OCC[N+](C)(C)C. The number of ether oxygens (including phenoxy) is 2. The molecule has 0 fully saturated rings. The molecule has 65 heavy (non-hydrogen) atoms. The minimum atomic E-state index is -4.30. The lowest BCUT2D eigenvalue weighted by Gasteiger charge is -2.24. The molecule has 0 aromatic heterocycles. The Morgan fingerprint density at radius 2 is 0.862 bits per heavy atom. The van der Waals surface area contributed by atoms with Gasteiger partial charge in [-0.25, -0.2) is 4.57 Å². The van der Waals surface area contributed by atoms with Gasteiger partial charge in [-0.15, -0.1) is 0 Å². The van der Waals surface area contributed by atoms with Gasteiger partial charge in [0.05, 0.1) is 34.4 Å². The van der Waals surface area contributed by atoms with Crippen LogP contribution in [-0.2, 0) is 27.9 Å². The number of hydrogen-bond acceptors (Lipinski definition) is 6. The lowest BCUT2D eigenvalue weighted by molar-refractivity contribution is -0.870. The van der Waals surface area contributed by atoms with E-state index < -0.39 is 19.9 Å². The molecule has 0 aliphatic heterocycles. The Morgan fingerprint density at radius 3 is 1.25 bits per heavy atom. The van der Waals surface area contributed by atoms with Gasteiger partial charge in [-0.05, 0) is 51.4 Å². The Morgan fingerprint density at radius 1 is 0.492 bits per heavy atom. The molecule has 0 saturated carbocycles. The summed E-state index contributed by atoms with van der Waals surface area (Å²) in [5, 5.41) is 0. The van der Waals surface area contributed by atoms with Crippen molar-refractivity contribution in [1.29, 1.82) is 0 Å². The van der Waals surface area contributed by atoms with Crippen molar-refractivity contribution in [3.05, 3.63) is 72.9 Å².